The number of pyridine rings is 1. The topological polar surface area (TPSA) is 60.2 Å². The lowest BCUT2D eigenvalue weighted by Gasteiger charge is -2.20. The molecule has 0 radical (unpaired) electrons. The van der Waals surface area contributed by atoms with Crippen molar-refractivity contribution in [2.45, 2.75) is 13.0 Å². The highest BCUT2D eigenvalue weighted by Gasteiger charge is 2.21. The van der Waals surface area contributed by atoms with Gasteiger partial charge in [0.05, 0.1) is 6.61 Å². The molecule has 0 aromatic carbocycles. The summed E-state index contributed by atoms with van der Waals surface area (Å²) in [5, 5.41) is 3.24. The van der Waals surface area contributed by atoms with Gasteiger partial charge in [-0.25, -0.2) is 4.98 Å². The molecule has 0 spiro atoms. The monoisotopic (exact) mass is 219 g/mol. The number of aromatic nitrogens is 2. The van der Waals surface area contributed by atoms with Crippen LogP contribution in [0.3, 0.4) is 0 Å². The molecular weight excluding hydrogens is 206 g/mol. The van der Waals surface area contributed by atoms with Crippen LogP contribution in [0.4, 0.5) is 0 Å². The molecule has 3 rings (SSSR count). The minimum absolute atomic E-state index is 0.0942. The molecule has 1 unspecified atom stereocenters. The van der Waals surface area contributed by atoms with Crippen LogP contribution in [0, 0.1) is 6.92 Å². The second-order valence-electron chi connectivity index (χ2n) is 3.89. The summed E-state index contributed by atoms with van der Waals surface area (Å²) in [6.07, 6.45) is -0.0942. The van der Waals surface area contributed by atoms with Gasteiger partial charge in [0.2, 0.25) is 5.89 Å². The Bertz CT molecular complexity index is 503. The molecule has 2 aromatic heterocycles. The van der Waals surface area contributed by atoms with Gasteiger partial charge in [0.1, 0.15) is 6.10 Å². The maximum Gasteiger partial charge on any atom is 0.227 e. The van der Waals surface area contributed by atoms with E-state index in [4.69, 9.17) is 9.15 Å². The number of hydrogen-bond donors (Lipinski definition) is 1. The average molecular weight is 219 g/mol. The van der Waals surface area contributed by atoms with E-state index >= 15 is 0 Å². The van der Waals surface area contributed by atoms with E-state index < -0.39 is 0 Å². The molecule has 1 saturated heterocycles. The Kier molecular flexibility index (Phi) is 2.34. The van der Waals surface area contributed by atoms with Gasteiger partial charge in [-0.3, -0.25) is 0 Å². The van der Waals surface area contributed by atoms with Crippen LogP contribution in [-0.2, 0) is 4.74 Å². The highest BCUT2D eigenvalue weighted by Crippen LogP contribution is 2.22. The van der Waals surface area contributed by atoms with Gasteiger partial charge >= 0.3 is 0 Å². The predicted molar refractivity (Wildman–Crippen MR) is 58.1 cm³/mol. The number of hydrogen-bond acceptors (Lipinski definition) is 5. The average Bonchev–Trinajstić information content (AvgIpc) is 2.73. The van der Waals surface area contributed by atoms with Crippen LogP contribution < -0.4 is 5.32 Å². The summed E-state index contributed by atoms with van der Waals surface area (Å²) in [5.74, 6) is 0.611. The molecule has 0 aliphatic carbocycles. The molecule has 5 nitrogen and oxygen atoms in total. The zero-order valence-electron chi connectivity index (χ0n) is 9.06. The summed E-state index contributed by atoms with van der Waals surface area (Å²) in [6, 6.07) is 3.81. The fourth-order valence-electron chi connectivity index (χ4n) is 1.79. The second-order valence-corrected chi connectivity index (χ2v) is 3.89. The number of nitrogens with one attached hydrogen (secondary N) is 1. The van der Waals surface area contributed by atoms with E-state index in [2.05, 4.69) is 15.3 Å². The van der Waals surface area contributed by atoms with Gasteiger partial charge in [0.25, 0.3) is 0 Å². The van der Waals surface area contributed by atoms with Gasteiger partial charge < -0.3 is 14.5 Å². The second kappa shape index (κ2) is 3.84. The van der Waals surface area contributed by atoms with Crippen molar-refractivity contribution in [1.29, 1.82) is 0 Å². The fourth-order valence-corrected chi connectivity index (χ4v) is 1.79. The number of ether oxygens (including phenoxy) is 1. The van der Waals surface area contributed by atoms with Crippen LogP contribution in [0.25, 0.3) is 11.2 Å². The first kappa shape index (κ1) is 9.74. The molecule has 1 atom stereocenters. The SMILES string of the molecule is Cc1ccc2oc(C3CNCCO3)nc2n1. The van der Waals surface area contributed by atoms with Crippen molar-refractivity contribution in [2.75, 3.05) is 19.7 Å². The Morgan fingerprint density at radius 3 is 3.12 bits per heavy atom. The molecule has 1 fully saturated rings. The number of aryl methyl sites for hydroxylation is 1. The van der Waals surface area contributed by atoms with E-state index in [-0.39, 0.29) is 6.10 Å². The summed E-state index contributed by atoms with van der Waals surface area (Å²) < 4.78 is 11.2. The first-order chi connectivity index (χ1) is 7.83. The third kappa shape index (κ3) is 1.68. The molecule has 0 bridgehead atoms. The summed E-state index contributed by atoms with van der Waals surface area (Å²) in [5.41, 5.74) is 2.31. The molecule has 0 saturated carbocycles. The Hall–Kier alpha value is -1.46. The van der Waals surface area contributed by atoms with Crippen LogP contribution in [-0.4, -0.2) is 29.7 Å². The van der Waals surface area contributed by atoms with Gasteiger partial charge in [-0.1, -0.05) is 0 Å². The molecule has 1 aliphatic rings. The van der Waals surface area contributed by atoms with Crippen molar-refractivity contribution in [3.8, 4) is 0 Å². The van der Waals surface area contributed by atoms with Crippen LogP contribution in [0.1, 0.15) is 17.7 Å². The molecule has 1 N–H and O–H groups in total. The van der Waals surface area contributed by atoms with E-state index in [9.17, 15) is 0 Å². The molecule has 84 valence electrons. The lowest BCUT2D eigenvalue weighted by Crippen LogP contribution is -2.33. The van der Waals surface area contributed by atoms with Crippen molar-refractivity contribution < 1.29 is 9.15 Å². The van der Waals surface area contributed by atoms with Gasteiger partial charge in [-0.15, -0.1) is 0 Å². The standard InChI is InChI=1S/C11H13N3O2/c1-7-2-3-8-10(13-7)14-11(16-8)9-6-12-4-5-15-9/h2-3,9,12H,4-6H2,1H3. The molecule has 16 heavy (non-hydrogen) atoms. The van der Waals surface area contributed by atoms with Crippen LogP contribution in [0.5, 0.6) is 0 Å². The number of rotatable bonds is 1. The zero-order chi connectivity index (χ0) is 11.0. The van der Waals surface area contributed by atoms with E-state index in [0.29, 0.717) is 18.1 Å². The molecule has 1 aliphatic heterocycles. The third-order valence-corrected chi connectivity index (χ3v) is 2.61. The molecular formula is C11H13N3O2. The quantitative estimate of drug-likeness (QED) is 0.780. The minimum atomic E-state index is -0.0942. The Morgan fingerprint density at radius 2 is 2.31 bits per heavy atom. The number of nitrogens with zero attached hydrogens (tertiary/aromatic N) is 2. The van der Waals surface area contributed by atoms with Gasteiger partial charge in [-0.2, -0.15) is 4.98 Å². The number of morpholine rings is 1. The summed E-state index contributed by atoms with van der Waals surface area (Å²) in [6.45, 7) is 4.25. The minimum Gasteiger partial charge on any atom is -0.436 e. The molecule has 5 heteroatoms. The molecule has 2 aromatic rings. The van der Waals surface area contributed by atoms with Crippen LogP contribution in [0.2, 0.25) is 0 Å². The van der Waals surface area contributed by atoms with Crippen molar-refractivity contribution in [2.24, 2.45) is 0 Å². The van der Waals surface area contributed by atoms with E-state index in [0.717, 1.165) is 24.4 Å². The molecule has 0 amide bonds. The van der Waals surface area contributed by atoms with E-state index in [1.54, 1.807) is 0 Å². The Labute approximate surface area is 92.8 Å². The fraction of sp³-hybridized carbons (Fsp3) is 0.455. The van der Waals surface area contributed by atoms with Crippen molar-refractivity contribution >= 4 is 11.2 Å². The lowest BCUT2D eigenvalue weighted by atomic mass is 10.3. The number of fused-ring (bicyclic) bond motifs is 1. The van der Waals surface area contributed by atoms with Gasteiger partial charge in [0.15, 0.2) is 11.2 Å². The Balaban J connectivity index is 1.97. The maximum atomic E-state index is 5.62. The zero-order valence-corrected chi connectivity index (χ0v) is 9.06. The smallest absolute Gasteiger partial charge is 0.227 e. The van der Waals surface area contributed by atoms with Crippen molar-refractivity contribution in [1.82, 2.24) is 15.3 Å². The molecule has 3 heterocycles. The summed E-state index contributed by atoms with van der Waals surface area (Å²) >= 11 is 0. The maximum absolute atomic E-state index is 5.62. The highest BCUT2D eigenvalue weighted by molar-refractivity contribution is 5.67. The predicted octanol–water partition coefficient (Wildman–Crippen LogP) is 1.19. The largest absolute Gasteiger partial charge is 0.436 e. The highest BCUT2D eigenvalue weighted by atomic mass is 16.5. The van der Waals surface area contributed by atoms with Gasteiger partial charge in [0, 0.05) is 18.8 Å². The van der Waals surface area contributed by atoms with Crippen LogP contribution in [0.15, 0.2) is 16.5 Å². The first-order valence-corrected chi connectivity index (χ1v) is 5.39. The number of oxazole rings is 1. The third-order valence-electron chi connectivity index (χ3n) is 2.61. The van der Waals surface area contributed by atoms with Gasteiger partial charge in [-0.05, 0) is 19.1 Å². The van der Waals surface area contributed by atoms with Crippen molar-refractivity contribution in [3.05, 3.63) is 23.7 Å². The lowest BCUT2D eigenvalue weighted by molar-refractivity contribution is 0.0118. The van der Waals surface area contributed by atoms with E-state index in [1.807, 2.05) is 19.1 Å². The van der Waals surface area contributed by atoms with E-state index in [1.165, 1.54) is 0 Å². The Morgan fingerprint density at radius 1 is 1.38 bits per heavy atom. The normalized spacial score (nSPS) is 21.4. The van der Waals surface area contributed by atoms with Crippen LogP contribution >= 0.6 is 0 Å². The summed E-state index contributed by atoms with van der Waals surface area (Å²) in [7, 11) is 0. The summed E-state index contributed by atoms with van der Waals surface area (Å²) in [4.78, 5) is 8.66. The first-order valence-electron chi connectivity index (χ1n) is 5.39. The van der Waals surface area contributed by atoms with Crippen molar-refractivity contribution in [3.63, 3.8) is 0 Å².